The molecule has 3 aromatic rings. The number of hydrogen-bond donors (Lipinski definition) is 3. The maximum absolute atomic E-state index is 13.8. The van der Waals surface area contributed by atoms with Crippen LogP contribution in [0.15, 0.2) is 33.5 Å². The van der Waals surface area contributed by atoms with Crippen LogP contribution in [-0.2, 0) is 6.42 Å². The second-order valence-electron chi connectivity index (χ2n) is 9.12. The van der Waals surface area contributed by atoms with Gasteiger partial charge in [0.1, 0.15) is 39.7 Å². The van der Waals surface area contributed by atoms with Gasteiger partial charge in [-0.05, 0) is 42.7 Å². The van der Waals surface area contributed by atoms with Crippen LogP contribution in [0.3, 0.4) is 0 Å². The zero-order chi connectivity index (χ0) is 23.7. The summed E-state index contributed by atoms with van der Waals surface area (Å²) < 4.78 is 11.7. The van der Waals surface area contributed by atoms with E-state index in [-0.39, 0.29) is 51.2 Å². The number of benzene rings is 2. The molecule has 6 heteroatoms. The number of aromatic hydroxyl groups is 3. The third-order valence-electron chi connectivity index (χ3n) is 6.13. The van der Waals surface area contributed by atoms with Gasteiger partial charge < -0.3 is 24.5 Å². The van der Waals surface area contributed by atoms with Gasteiger partial charge >= 0.3 is 0 Å². The number of phenolic OH excluding ortho intramolecular Hbond substituents is 3. The molecule has 1 atom stereocenters. The van der Waals surface area contributed by atoms with E-state index in [9.17, 15) is 20.1 Å². The quantitative estimate of drug-likeness (QED) is 0.421. The lowest BCUT2D eigenvalue weighted by Gasteiger charge is -2.21. The third-order valence-corrected chi connectivity index (χ3v) is 6.13. The molecular weight excluding hydrogens is 408 g/mol. The van der Waals surface area contributed by atoms with Gasteiger partial charge in [0.25, 0.3) is 0 Å². The molecule has 1 heterocycles. The van der Waals surface area contributed by atoms with E-state index in [1.807, 2.05) is 20.8 Å². The first-order valence-electron chi connectivity index (χ1n) is 11.0. The highest BCUT2D eigenvalue weighted by Crippen LogP contribution is 2.42. The van der Waals surface area contributed by atoms with E-state index in [0.29, 0.717) is 34.8 Å². The van der Waals surface area contributed by atoms with Crippen molar-refractivity contribution >= 4 is 11.0 Å². The van der Waals surface area contributed by atoms with Crippen LogP contribution in [0, 0.1) is 11.8 Å². The first-order valence-corrected chi connectivity index (χ1v) is 11.0. The number of phenols is 3. The highest BCUT2D eigenvalue weighted by atomic mass is 16.5. The highest BCUT2D eigenvalue weighted by Gasteiger charge is 2.28. The zero-order valence-corrected chi connectivity index (χ0v) is 19.5. The van der Waals surface area contributed by atoms with Crippen molar-refractivity contribution in [3.63, 3.8) is 0 Å². The van der Waals surface area contributed by atoms with E-state index in [0.717, 1.165) is 6.42 Å². The minimum absolute atomic E-state index is 0.0954. The van der Waals surface area contributed by atoms with Gasteiger partial charge in [0.15, 0.2) is 0 Å². The SMILES string of the molecule is COc1cc2oc(-c3ccc(O)cc3O)c(C(C)C(C)C)c(=O)c2c(O)c1CCC(C)C. The summed E-state index contributed by atoms with van der Waals surface area (Å²) in [5.41, 5.74) is 1.11. The van der Waals surface area contributed by atoms with Gasteiger partial charge in [0.05, 0.1) is 12.7 Å². The molecule has 0 saturated heterocycles. The van der Waals surface area contributed by atoms with E-state index < -0.39 is 0 Å². The largest absolute Gasteiger partial charge is 0.508 e. The molecule has 3 rings (SSSR count). The van der Waals surface area contributed by atoms with Crippen LogP contribution in [0.2, 0.25) is 0 Å². The van der Waals surface area contributed by atoms with Crippen molar-refractivity contribution in [1.29, 1.82) is 0 Å². The summed E-state index contributed by atoms with van der Waals surface area (Å²) in [4.78, 5) is 13.8. The predicted molar refractivity (Wildman–Crippen MR) is 126 cm³/mol. The van der Waals surface area contributed by atoms with Crippen molar-refractivity contribution < 1.29 is 24.5 Å². The average Bonchev–Trinajstić information content (AvgIpc) is 2.71. The molecule has 0 saturated carbocycles. The molecule has 3 N–H and O–H groups in total. The topological polar surface area (TPSA) is 100 Å². The van der Waals surface area contributed by atoms with Crippen LogP contribution in [0.5, 0.6) is 23.0 Å². The predicted octanol–water partition coefficient (Wildman–Crippen LogP) is 5.93. The molecule has 0 fully saturated rings. The van der Waals surface area contributed by atoms with E-state index in [1.165, 1.54) is 25.3 Å². The number of hydrogen-bond acceptors (Lipinski definition) is 6. The lowest BCUT2D eigenvalue weighted by molar-refractivity contribution is 0.397. The van der Waals surface area contributed by atoms with Crippen LogP contribution in [-0.4, -0.2) is 22.4 Å². The molecule has 0 aliphatic heterocycles. The fourth-order valence-electron chi connectivity index (χ4n) is 3.88. The van der Waals surface area contributed by atoms with E-state index in [1.54, 1.807) is 6.07 Å². The van der Waals surface area contributed by atoms with Gasteiger partial charge in [-0.25, -0.2) is 0 Å². The molecule has 32 heavy (non-hydrogen) atoms. The summed E-state index contributed by atoms with van der Waals surface area (Å²) in [5, 5.41) is 31.4. The minimum Gasteiger partial charge on any atom is -0.508 e. The van der Waals surface area contributed by atoms with Crippen molar-refractivity contribution in [1.82, 2.24) is 0 Å². The van der Waals surface area contributed by atoms with Gasteiger partial charge in [0, 0.05) is 23.3 Å². The van der Waals surface area contributed by atoms with Crippen molar-refractivity contribution in [3.05, 3.63) is 45.6 Å². The highest BCUT2D eigenvalue weighted by molar-refractivity contribution is 5.89. The molecule has 0 bridgehead atoms. The van der Waals surface area contributed by atoms with Crippen LogP contribution < -0.4 is 10.2 Å². The summed E-state index contributed by atoms with van der Waals surface area (Å²) >= 11 is 0. The fraction of sp³-hybridized carbons (Fsp3) is 0.423. The zero-order valence-electron chi connectivity index (χ0n) is 19.5. The maximum atomic E-state index is 13.8. The van der Waals surface area contributed by atoms with Gasteiger partial charge in [-0.3, -0.25) is 4.79 Å². The Balaban J connectivity index is 2.41. The van der Waals surface area contributed by atoms with Crippen molar-refractivity contribution in [3.8, 4) is 34.3 Å². The second-order valence-corrected chi connectivity index (χ2v) is 9.12. The Bertz CT molecular complexity index is 1190. The van der Waals surface area contributed by atoms with E-state index in [2.05, 4.69) is 13.8 Å². The molecule has 1 unspecified atom stereocenters. The Hall–Kier alpha value is -3.15. The Morgan fingerprint density at radius 1 is 1.03 bits per heavy atom. The van der Waals surface area contributed by atoms with Gasteiger partial charge in [-0.15, -0.1) is 0 Å². The lowest BCUT2D eigenvalue weighted by Crippen LogP contribution is -2.18. The van der Waals surface area contributed by atoms with Gasteiger partial charge in [-0.1, -0.05) is 34.6 Å². The van der Waals surface area contributed by atoms with Crippen molar-refractivity contribution in [2.75, 3.05) is 7.11 Å². The summed E-state index contributed by atoms with van der Waals surface area (Å²) in [5.74, 6) is 0.571. The molecule has 2 aromatic carbocycles. The first-order chi connectivity index (χ1) is 15.1. The summed E-state index contributed by atoms with van der Waals surface area (Å²) in [7, 11) is 1.51. The van der Waals surface area contributed by atoms with E-state index >= 15 is 0 Å². The molecule has 0 amide bonds. The van der Waals surface area contributed by atoms with Crippen molar-refractivity contribution in [2.45, 2.75) is 53.4 Å². The lowest BCUT2D eigenvalue weighted by atomic mass is 9.86. The van der Waals surface area contributed by atoms with Crippen LogP contribution in [0.1, 0.15) is 58.1 Å². The molecule has 0 spiro atoms. The molecule has 0 aliphatic rings. The number of ether oxygens (including phenoxy) is 1. The molecule has 0 aliphatic carbocycles. The van der Waals surface area contributed by atoms with Crippen LogP contribution >= 0.6 is 0 Å². The molecular formula is C26H32O6. The third kappa shape index (κ3) is 4.27. The fourth-order valence-corrected chi connectivity index (χ4v) is 3.88. The second kappa shape index (κ2) is 9.15. The minimum atomic E-state index is -0.333. The number of rotatable bonds is 7. The normalized spacial score (nSPS) is 12.6. The monoisotopic (exact) mass is 440 g/mol. The van der Waals surface area contributed by atoms with E-state index in [4.69, 9.17) is 9.15 Å². The first kappa shape index (κ1) is 23.5. The molecule has 172 valence electrons. The summed E-state index contributed by atoms with van der Waals surface area (Å²) in [6.45, 7) is 10.1. The Labute approximate surface area is 188 Å². The van der Waals surface area contributed by atoms with Gasteiger partial charge in [-0.2, -0.15) is 0 Å². The smallest absolute Gasteiger partial charge is 0.200 e. The number of methoxy groups -OCH3 is 1. The maximum Gasteiger partial charge on any atom is 0.200 e. The van der Waals surface area contributed by atoms with Gasteiger partial charge in [0.2, 0.25) is 5.43 Å². The Morgan fingerprint density at radius 2 is 1.72 bits per heavy atom. The number of fused-ring (bicyclic) bond motifs is 1. The molecule has 0 radical (unpaired) electrons. The molecule has 6 nitrogen and oxygen atoms in total. The standard InChI is InChI=1S/C26H32O6/c1-13(2)7-9-18-20(31-6)12-21-23(24(18)29)25(30)22(15(5)14(3)4)26(32-21)17-10-8-16(27)11-19(17)28/h8,10-15,27-29H,7,9H2,1-6H3. The van der Waals surface area contributed by atoms with Crippen molar-refractivity contribution in [2.24, 2.45) is 11.8 Å². The van der Waals surface area contributed by atoms with Crippen LogP contribution in [0.4, 0.5) is 0 Å². The molecule has 1 aromatic heterocycles. The summed E-state index contributed by atoms with van der Waals surface area (Å²) in [6, 6.07) is 5.77. The Morgan fingerprint density at radius 3 is 2.28 bits per heavy atom. The Kier molecular flexibility index (Phi) is 6.72. The van der Waals surface area contributed by atoms with Crippen LogP contribution in [0.25, 0.3) is 22.3 Å². The average molecular weight is 441 g/mol. The summed E-state index contributed by atoms with van der Waals surface area (Å²) in [6.07, 6.45) is 1.40.